The number of esters is 1. The SMILES string of the molecule is COC(=O)[C@@]1(C)N[C@@H](c2ccccc2OC)[C@H]2C(=O)N(C)C(=O)[C@@H]21. The summed E-state index contributed by atoms with van der Waals surface area (Å²) in [6.45, 7) is 1.61. The van der Waals surface area contributed by atoms with Crippen molar-refractivity contribution in [2.24, 2.45) is 11.8 Å². The highest BCUT2D eigenvalue weighted by molar-refractivity contribution is 6.09. The van der Waals surface area contributed by atoms with Crippen LogP contribution in [0.2, 0.25) is 0 Å². The Bertz CT molecular complexity index is 719. The van der Waals surface area contributed by atoms with Crippen LogP contribution in [0, 0.1) is 11.8 Å². The second-order valence-electron chi connectivity index (χ2n) is 6.30. The van der Waals surface area contributed by atoms with Crippen LogP contribution in [0.3, 0.4) is 0 Å². The normalized spacial score (nSPS) is 32.0. The Hall–Kier alpha value is -2.41. The summed E-state index contributed by atoms with van der Waals surface area (Å²) >= 11 is 0. The van der Waals surface area contributed by atoms with E-state index in [-0.39, 0.29) is 11.8 Å². The number of hydrogen-bond donors (Lipinski definition) is 1. The van der Waals surface area contributed by atoms with Crippen LogP contribution >= 0.6 is 0 Å². The van der Waals surface area contributed by atoms with Gasteiger partial charge in [0.05, 0.1) is 26.1 Å². The van der Waals surface area contributed by atoms with Gasteiger partial charge in [0.1, 0.15) is 11.3 Å². The number of carbonyl (C=O) groups excluding carboxylic acids is 3. The average molecular weight is 332 g/mol. The van der Waals surface area contributed by atoms with Crippen LogP contribution in [-0.2, 0) is 19.1 Å². The molecule has 1 N–H and O–H groups in total. The summed E-state index contributed by atoms with van der Waals surface area (Å²) in [5.41, 5.74) is -0.540. The van der Waals surface area contributed by atoms with Crippen molar-refractivity contribution in [3.8, 4) is 5.75 Å². The summed E-state index contributed by atoms with van der Waals surface area (Å²) in [5, 5.41) is 3.17. The average Bonchev–Trinajstić information content (AvgIpc) is 3.04. The Morgan fingerprint density at radius 2 is 1.88 bits per heavy atom. The summed E-state index contributed by atoms with van der Waals surface area (Å²) in [4.78, 5) is 38.7. The fraction of sp³-hybridized carbons (Fsp3) is 0.471. The summed E-state index contributed by atoms with van der Waals surface area (Å²) in [6, 6.07) is 6.74. The maximum atomic E-state index is 12.7. The number of para-hydroxylation sites is 1. The van der Waals surface area contributed by atoms with Gasteiger partial charge in [-0.25, -0.2) is 0 Å². The Morgan fingerprint density at radius 1 is 1.21 bits per heavy atom. The standard InChI is InChI=1S/C17H20N2O5/c1-17(16(22)24-4)12-11(14(20)19(2)15(12)21)13(18-17)9-7-5-6-8-10(9)23-3/h5-8,11-13,18H,1-4H3/t11-,12+,13-,17-/m0/s1. The molecule has 1 aromatic rings. The Kier molecular flexibility index (Phi) is 3.83. The highest BCUT2D eigenvalue weighted by atomic mass is 16.5. The quantitative estimate of drug-likeness (QED) is 0.641. The van der Waals surface area contributed by atoms with Gasteiger partial charge >= 0.3 is 5.97 Å². The van der Waals surface area contributed by atoms with E-state index < -0.39 is 29.4 Å². The summed E-state index contributed by atoms with van der Waals surface area (Å²) in [7, 11) is 4.25. The molecule has 3 rings (SSSR count). The van der Waals surface area contributed by atoms with E-state index in [2.05, 4.69) is 5.32 Å². The van der Waals surface area contributed by atoms with Gasteiger partial charge in [0.15, 0.2) is 0 Å². The molecule has 0 saturated carbocycles. The van der Waals surface area contributed by atoms with Crippen LogP contribution in [0.15, 0.2) is 24.3 Å². The van der Waals surface area contributed by atoms with Gasteiger partial charge in [-0.15, -0.1) is 0 Å². The van der Waals surface area contributed by atoms with Crippen molar-refractivity contribution in [2.45, 2.75) is 18.5 Å². The van der Waals surface area contributed by atoms with Crippen molar-refractivity contribution in [2.75, 3.05) is 21.3 Å². The Labute approximate surface area is 139 Å². The number of fused-ring (bicyclic) bond motifs is 1. The fourth-order valence-electron chi connectivity index (χ4n) is 3.87. The number of likely N-dealkylation sites (tertiary alicyclic amines) is 1. The molecule has 1 aromatic carbocycles. The second kappa shape index (κ2) is 5.59. The number of carbonyl (C=O) groups is 3. The second-order valence-corrected chi connectivity index (χ2v) is 6.30. The first-order valence-corrected chi connectivity index (χ1v) is 7.67. The number of nitrogens with one attached hydrogen (secondary N) is 1. The molecule has 0 aliphatic carbocycles. The van der Waals surface area contributed by atoms with Crippen LogP contribution < -0.4 is 10.1 Å². The van der Waals surface area contributed by atoms with Crippen molar-refractivity contribution in [3.05, 3.63) is 29.8 Å². The molecule has 7 heteroatoms. The largest absolute Gasteiger partial charge is 0.496 e. The lowest BCUT2D eigenvalue weighted by atomic mass is 9.80. The molecular weight excluding hydrogens is 312 g/mol. The zero-order valence-corrected chi connectivity index (χ0v) is 14.0. The molecule has 7 nitrogen and oxygen atoms in total. The Morgan fingerprint density at radius 3 is 2.50 bits per heavy atom. The van der Waals surface area contributed by atoms with Crippen molar-refractivity contribution in [1.29, 1.82) is 0 Å². The third-order valence-corrected chi connectivity index (χ3v) is 5.09. The lowest BCUT2D eigenvalue weighted by Crippen LogP contribution is -2.53. The molecule has 128 valence electrons. The lowest BCUT2D eigenvalue weighted by Gasteiger charge is -2.28. The number of ether oxygens (including phenoxy) is 2. The maximum Gasteiger partial charge on any atom is 0.326 e. The van der Waals surface area contributed by atoms with Crippen molar-refractivity contribution in [3.63, 3.8) is 0 Å². The van der Waals surface area contributed by atoms with Crippen LogP contribution in [0.25, 0.3) is 0 Å². The number of nitrogens with zero attached hydrogens (tertiary/aromatic N) is 1. The van der Waals surface area contributed by atoms with E-state index >= 15 is 0 Å². The van der Waals surface area contributed by atoms with Gasteiger partial charge in [0.2, 0.25) is 11.8 Å². The van der Waals surface area contributed by atoms with Crippen LogP contribution in [0.1, 0.15) is 18.5 Å². The first-order valence-electron chi connectivity index (χ1n) is 7.67. The molecule has 2 saturated heterocycles. The van der Waals surface area contributed by atoms with E-state index in [1.165, 1.54) is 14.2 Å². The van der Waals surface area contributed by atoms with Crippen LogP contribution in [-0.4, -0.2) is 49.5 Å². The third-order valence-electron chi connectivity index (χ3n) is 5.09. The van der Waals surface area contributed by atoms with Crippen LogP contribution in [0.4, 0.5) is 0 Å². The molecule has 2 aliphatic heterocycles. The number of benzene rings is 1. The zero-order valence-electron chi connectivity index (χ0n) is 14.0. The van der Waals surface area contributed by atoms with E-state index in [0.717, 1.165) is 10.5 Å². The topological polar surface area (TPSA) is 84.9 Å². The molecule has 0 aromatic heterocycles. The molecule has 2 fully saturated rings. The van der Waals surface area contributed by atoms with Gasteiger partial charge in [-0.1, -0.05) is 18.2 Å². The molecule has 2 aliphatic rings. The minimum atomic E-state index is -1.28. The number of methoxy groups -OCH3 is 2. The predicted octanol–water partition coefficient (Wildman–Crippen LogP) is 0.502. The number of hydrogen-bond acceptors (Lipinski definition) is 6. The number of imide groups is 1. The fourth-order valence-corrected chi connectivity index (χ4v) is 3.87. The minimum Gasteiger partial charge on any atom is -0.496 e. The summed E-state index contributed by atoms with van der Waals surface area (Å²) < 4.78 is 10.3. The van der Waals surface area contributed by atoms with Crippen molar-refractivity contribution >= 4 is 17.8 Å². The summed E-state index contributed by atoms with van der Waals surface area (Å²) in [5.74, 6) is -2.13. The van der Waals surface area contributed by atoms with E-state index in [1.54, 1.807) is 20.1 Å². The molecule has 24 heavy (non-hydrogen) atoms. The minimum absolute atomic E-state index is 0.305. The highest BCUT2D eigenvalue weighted by Crippen LogP contribution is 2.49. The zero-order chi connectivity index (χ0) is 17.6. The van der Waals surface area contributed by atoms with E-state index in [0.29, 0.717) is 5.75 Å². The van der Waals surface area contributed by atoms with Gasteiger partial charge in [-0.2, -0.15) is 0 Å². The molecule has 4 atom stereocenters. The van der Waals surface area contributed by atoms with Gasteiger partial charge < -0.3 is 9.47 Å². The number of rotatable bonds is 3. The monoisotopic (exact) mass is 332 g/mol. The number of amides is 2. The molecular formula is C17H20N2O5. The van der Waals surface area contributed by atoms with Gasteiger partial charge in [0, 0.05) is 18.7 Å². The predicted molar refractivity (Wildman–Crippen MR) is 84.0 cm³/mol. The maximum absolute atomic E-state index is 12.7. The van der Waals surface area contributed by atoms with Crippen molar-refractivity contribution < 1.29 is 23.9 Å². The highest BCUT2D eigenvalue weighted by Gasteiger charge is 2.66. The van der Waals surface area contributed by atoms with E-state index in [1.807, 2.05) is 18.2 Å². The first-order chi connectivity index (χ1) is 11.4. The molecule has 0 radical (unpaired) electrons. The smallest absolute Gasteiger partial charge is 0.326 e. The molecule has 2 amide bonds. The van der Waals surface area contributed by atoms with Gasteiger partial charge in [-0.3, -0.25) is 24.6 Å². The molecule has 0 unspecified atom stereocenters. The Balaban J connectivity index is 2.14. The van der Waals surface area contributed by atoms with Crippen LogP contribution in [0.5, 0.6) is 5.75 Å². The lowest BCUT2D eigenvalue weighted by molar-refractivity contribution is -0.152. The molecule has 0 spiro atoms. The molecule has 2 heterocycles. The van der Waals surface area contributed by atoms with Crippen molar-refractivity contribution in [1.82, 2.24) is 10.2 Å². The van der Waals surface area contributed by atoms with E-state index in [4.69, 9.17) is 9.47 Å². The molecule has 0 bridgehead atoms. The summed E-state index contributed by atoms with van der Waals surface area (Å²) in [6.07, 6.45) is 0. The first kappa shape index (κ1) is 16.4. The third kappa shape index (κ3) is 2.04. The van der Waals surface area contributed by atoms with E-state index in [9.17, 15) is 14.4 Å². The van der Waals surface area contributed by atoms with Gasteiger partial charge in [0.25, 0.3) is 0 Å². The van der Waals surface area contributed by atoms with Gasteiger partial charge in [-0.05, 0) is 13.0 Å².